The molecule has 1 atom stereocenters. The Balaban J connectivity index is 1.77. The van der Waals surface area contributed by atoms with Gasteiger partial charge in [-0.05, 0) is 42.0 Å². The molecule has 0 radical (unpaired) electrons. The zero-order chi connectivity index (χ0) is 15.5. The van der Waals surface area contributed by atoms with Gasteiger partial charge >= 0.3 is 0 Å². The zero-order valence-corrected chi connectivity index (χ0v) is 13.3. The molecule has 22 heavy (non-hydrogen) atoms. The molecule has 1 aliphatic rings. The van der Waals surface area contributed by atoms with Crippen molar-refractivity contribution in [1.82, 2.24) is 4.90 Å². The zero-order valence-electron chi connectivity index (χ0n) is 12.4. The maximum absolute atomic E-state index is 12.7. The fourth-order valence-corrected chi connectivity index (χ4v) is 3.16. The summed E-state index contributed by atoms with van der Waals surface area (Å²) in [5.41, 5.74) is 0.571. The predicted molar refractivity (Wildman–Crippen MR) is 85.8 cm³/mol. The number of hydrogen-bond donors (Lipinski definition) is 1. The van der Waals surface area contributed by atoms with Gasteiger partial charge in [-0.25, -0.2) is 0 Å². The lowest BCUT2D eigenvalue weighted by Crippen LogP contribution is -2.36. The molecule has 1 aromatic heterocycles. The van der Waals surface area contributed by atoms with E-state index in [9.17, 15) is 9.90 Å². The summed E-state index contributed by atoms with van der Waals surface area (Å²) >= 11 is 1.63. The Morgan fingerprint density at radius 1 is 1.41 bits per heavy atom. The van der Waals surface area contributed by atoms with Gasteiger partial charge in [0, 0.05) is 10.9 Å². The first-order valence-electron chi connectivity index (χ1n) is 7.34. The fourth-order valence-electron chi connectivity index (χ4n) is 2.45. The smallest absolute Gasteiger partial charge is 0.256 e. The van der Waals surface area contributed by atoms with Crippen LogP contribution in [0.1, 0.15) is 29.4 Å². The van der Waals surface area contributed by atoms with Gasteiger partial charge in [-0.3, -0.25) is 4.79 Å². The lowest BCUT2D eigenvalue weighted by Gasteiger charge is -2.25. The summed E-state index contributed by atoms with van der Waals surface area (Å²) in [7, 11) is 1.57. The van der Waals surface area contributed by atoms with Crippen LogP contribution in [0.25, 0.3) is 0 Å². The summed E-state index contributed by atoms with van der Waals surface area (Å²) in [5.74, 6) is 0.407. The normalized spacial score (nSPS) is 15.4. The molecule has 1 unspecified atom stereocenters. The second kappa shape index (κ2) is 6.50. The van der Waals surface area contributed by atoms with Crippen molar-refractivity contribution in [3.8, 4) is 5.75 Å². The maximum Gasteiger partial charge on any atom is 0.256 e. The topological polar surface area (TPSA) is 49.8 Å². The minimum atomic E-state index is -1.14. The van der Waals surface area contributed by atoms with Gasteiger partial charge in [0.25, 0.3) is 5.91 Å². The average Bonchev–Trinajstić information content (AvgIpc) is 3.27. The van der Waals surface area contributed by atoms with Gasteiger partial charge in [0.2, 0.25) is 0 Å². The molecule has 1 N–H and O–H groups in total. The lowest BCUT2D eigenvalue weighted by atomic mass is 10.1. The molecule has 3 rings (SSSR count). The van der Waals surface area contributed by atoms with Crippen molar-refractivity contribution < 1.29 is 14.6 Å². The third kappa shape index (κ3) is 3.31. The number of nitrogens with zero attached hydrogens (tertiary/aromatic N) is 1. The van der Waals surface area contributed by atoms with E-state index in [0.29, 0.717) is 17.9 Å². The predicted octanol–water partition coefficient (Wildman–Crippen LogP) is 2.98. The van der Waals surface area contributed by atoms with E-state index in [2.05, 4.69) is 0 Å². The fraction of sp³-hybridized carbons (Fsp3) is 0.353. The van der Waals surface area contributed by atoms with Crippen molar-refractivity contribution in [3.63, 3.8) is 0 Å². The van der Waals surface area contributed by atoms with Gasteiger partial charge in [0.15, 0.2) is 6.10 Å². The van der Waals surface area contributed by atoms with Crippen LogP contribution in [0, 0.1) is 0 Å². The van der Waals surface area contributed by atoms with Crippen LogP contribution in [0.2, 0.25) is 0 Å². The van der Waals surface area contributed by atoms with Crippen molar-refractivity contribution >= 4 is 17.2 Å². The number of thiophene rings is 1. The molecule has 1 fully saturated rings. The number of carbonyl (C=O) groups is 1. The van der Waals surface area contributed by atoms with Gasteiger partial charge in [-0.15, -0.1) is 11.3 Å². The Bertz CT molecular complexity index is 637. The second-order valence-electron chi connectivity index (χ2n) is 5.46. The minimum absolute atomic E-state index is 0.232. The lowest BCUT2D eigenvalue weighted by molar-refractivity contribution is -0.141. The number of benzene rings is 1. The number of carbonyl (C=O) groups excluding carboxylic acids is 1. The van der Waals surface area contributed by atoms with Crippen LogP contribution in [-0.2, 0) is 11.3 Å². The molecule has 0 saturated heterocycles. The Morgan fingerprint density at radius 3 is 2.86 bits per heavy atom. The quantitative estimate of drug-likeness (QED) is 0.891. The third-order valence-electron chi connectivity index (χ3n) is 3.82. The maximum atomic E-state index is 12.7. The molecule has 1 saturated carbocycles. The van der Waals surface area contributed by atoms with Crippen LogP contribution < -0.4 is 4.74 Å². The average molecular weight is 317 g/mol. The largest absolute Gasteiger partial charge is 0.497 e. The van der Waals surface area contributed by atoms with E-state index in [1.165, 1.54) is 0 Å². The Labute approximate surface area is 134 Å². The number of ether oxygens (including phenoxy) is 1. The third-order valence-corrected chi connectivity index (χ3v) is 4.68. The van der Waals surface area contributed by atoms with Gasteiger partial charge in [-0.2, -0.15) is 0 Å². The molecule has 5 heteroatoms. The summed E-state index contributed by atoms with van der Waals surface area (Å²) in [6, 6.07) is 11.3. The Kier molecular flexibility index (Phi) is 4.45. The molecule has 116 valence electrons. The second-order valence-corrected chi connectivity index (χ2v) is 6.49. The van der Waals surface area contributed by atoms with Gasteiger partial charge in [0.1, 0.15) is 5.75 Å². The van der Waals surface area contributed by atoms with Crippen molar-refractivity contribution in [3.05, 3.63) is 52.2 Å². The highest BCUT2D eigenvalue weighted by Gasteiger charge is 2.36. The number of amides is 1. The highest BCUT2D eigenvalue weighted by Crippen LogP contribution is 2.32. The number of rotatable bonds is 6. The summed E-state index contributed by atoms with van der Waals surface area (Å²) < 4.78 is 5.16. The van der Waals surface area contributed by atoms with E-state index in [0.717, 1.165) is 17.7 Å². The molecule has 0 aliphatic heterocycles. The van der Waals surface area contributed by atoms with Crippen LogP contribution in [0.4, 0.5) is 0 Å². The molecule has 1 aliphatic carbocycles. The van der Waals surface area contributed by atoms with Crippen LogP contribution in [-0.4, -0.2) is 29.1 Å². The van der Waals surface area contributed by atoms with Crippen molar-refractivity contribution in [2.45, 2.75) is 31.5 Å². The molecular formula is C17H19NO3S. The first-order chi connectivity index (χ1) is 10.7. The number of methoxy groups -OCH3 is 1. The Morgan fingerprint density at radius 2 is 2.23 bits per heavy atom. The van der Waals surface area contributed by atoms with Gasteiger partial charge in [-0.1, -0.05) is 18.2 Å². The summed E-state index contributed by atoms with van der Waals surface area (Å²) in [6.45, 7) is 0.572. The monoisotopic (exact) mass is 317 g/mol. The van der Waals surface area contributed by atoms with Crippen LogP contribution in [0.15, 0.2) is 41.8 Å². The van der Waals surface area contributed by atoms with Gasteiger partial charge < -0.3 is 14.7 Å². The molecule has 2 aromatic rings. The SMILES string of the molecule is COc1cccc(C(O)C(=O)N(Cc2cccs2)C2CC2)c1. The van der Waals surface area contributed by atoms with Crippen molar-refractivity contribution in [1.29, 1.82) is 0 Å². The van der Waals surface area contributed by atoms with Crippen molar-refractivity contribution in [2.24, 2.45) is 0 Å². The number of hydrogen-bond acceptors (Lipinski definition) is 4. The molecule has 1 heterocycles. The van der Waals surface area contributed by atoms with Crippen LogP contribution in [0.3, 0.4) is 0 Å². The first kappa shape index (κ1) is 15.1. The molecule has 1 amide bonds. The van der Waals surface area contributed by atoms with E-state index >= 15 is 0 Å². The van der Waals surface area contributed by atoms with E-state index in [-0.39, 0.29) is 11.9 Å². The molecule has 0 bridgehead atoms. The molecular weight excluding hydrogens is 298 g/mol. The van der Waals surface area contributed by atoms with Crippen LogP contribution >= 0.6 is 11.3 Å². The van der Waals surface area contributed by atoms with E-state index < -0.39 is 6.10 Å². The number of aliphatic hydroxyl groups excluding tert-OH is 1. The highest BCUT2D eigenvalue weighted by molar-refractivity contribution is 7.09. The Hall–Kier alpha value is -1.85. The summed E-state index contributed by atoms with van der Waals surface area (Å²) in [6.07, 6.45) is 0.889. The van der Waals surface area contributed by atoms with E-state index in [1.807, 2.05) is 17.5 Å². The molecule has 0 spiro atoms. The van der Waals surface area contributed by atoms with E-state index in [1.54, 1.807) is 47.6 Å². The highest BCUT2D eigenvalue weighted by atomic mass is 32.1. The van der Waals surface area contributed by atoms with Crippen molar-refractivity contribution in [2.75, 3.05) is 7.11 Å². The summed E-state index contributed by atoms with van der Waals surface area (Å²) in [5, 5.41) is 12.4. The first-order valence-corrected chi connectivity index (χ1v) is 8.22. The minimum Gasteiger partial charge on any atom is -0.497 e. The molecule has 4 nitrogen and oxygen atoms in total. The number of aliphatic hydroxyl groups is 1. The summed E-state index contributed by atoms with van der Waals surface area (Å²) in [4.78, 5) is 15.6. The molecule has 1 aromatic carbocycles. The van der Waals surface area contributed by atoms with Crippen LogP contribution in [0.5, 0.6) is 5.75 Å². The standard InChI is InChI=1S/C17H19NO3S/c1-21-14-5-2-4-12(10-14)16(19)17(20)18(13-7-8-13)11-15-6-3-9-22-15/h2-6,9-10,13,16,19H,7-8,11H2,1H3. The van der Waals surface area contributed by atoms with Gasteiger partial charge in [0.05, 0.1) is 13.7 Å². The van der Waals surface area contributed by atoms with E-state index in [4.69, 9.17) is 4.74 Å².